The zero-order valence-corrected chi connectivity index (χ0v) is 8.61. The normalized spacial score (nSPS) is 9.93. The molecule has 76 valence electrons. The Morgan fingerprint density at radius 1 is 1.64 bits per heavy atom. The van der Waals surface area contributed by atoms with E-state index in [1.54, 1.807) is 17.8 Å². The van der Waals surface area contributed by atoms with Crippen LogP contribution >= 0.6 is 0 Å². The average molecular weight is 194 g/mol. The maximum absolute atomic E-state index is 10.7. The Morgan fingerprint density at radius 2 is 2.29 bits per heavy atom. The number of aromatic nitrogens is 2. The predicted molar refractivity (Wildman–Crippen MR) is 53.4 cm³/mol. The van der Waals surface area contributed by atoms with Gasteiger partial charge < -0.3 is 5.11 Å². The first-order chi connectivity index (χ1) is 6.50. The van der Waals surface area contributed by atoms with Crippen molar-refractivity contribution in [2.45, 2.75) is 27.3 Å². The van der Waals surface area contributed by atoms with Crippen molar-refractivity contribution in [1.82, 2.24) is 9.78 Å². The number of aromatic carboxylic acids is 1. The Morgan fingerprint density at radius 3 is 2.71 bits per heavy atom. The molecule has 1 aromatic rings. The first kappa shape index (κ1) is 10.5. The van der Waals surface area contributed by atoms with E-state index in [1.165, 1.54) is 5.57 Å². The fourth-order valence-corrected chi connectivity index (χ4v) is 1.10. The number of carbonyl (C=O) groups is 1. The molecule has 0 unspecified atom stereocenters. The van der Waals surface area contributed by atoms with Gasteiger partial charge in [0.05, 0.1) is 12.2 Å². The van der Waals surface area contributed by atoms with E-state index >= 15 is 0 Å². The summed E-state index contributed by atoms with van der Waals surface area (Å²) in [5, 5.41) is 12.9. The van der Waals surface area contributed by atoms with Gasteiger partial charge in [0, 0.05) is 6.20 Å². The Hall–Kier alpha value is -1.58. The van der Waals surface area contributed by atoms with Crippen LogP contribution in [0.1, 0.15) is 29.9 Å². The predicted octanol–water partition coefficient (Wildman–Crippen LogP) is 1.86. The first-order valence-corrected chi connectivity index (χ1v) is 4.41. The second kappa shape index (κ2) is 4.09. The lowest BCUT2D eigenvalue weighted by Gasteiger charge is -1.94. The van der Waals surface area contributed by atoms with Gasteiger partial charge in [0.25, 0.3) is 0 Å². The number of allylic oxidation sites excluding steroid dienone is 2. The molecule has 14 heavy (non-hydrogen) atoms. The molecule has 0 atom stereocenters. The van der Waals surface area contributed by atoms with Crippen LogP contribution in [0.3, 0.4) is 0 Å². The Kier molecular flexibility index (Phi) is 3.06. The molecule has 0 saturated heterocycles. The van der Waals surface area contributed by atoms with Gasteiger partial charge in [-0.05, 0) is 20.8 Å². The summed E-state index contributed by atoms with van der Waals surface area (Å²) in [6, 6.07) is 0. The largest absolute Gasteiger partial charge is 0.478 e. The number of rotatable bonds is 3. The minimum Gasteiger partial charge on any atom is -0.478 e. The van der Waals surface area contributed by atoms with E-state index in [9.17, 15) is 4.79 Å². The quantitative estimate of drug-likeness (QED) is 0.747. The third-order valence-electron chi connectivity index (χ3n) is 1.86. The molecule has 0 radical (unpaired) electrons. The maximum Gasteiger partial charge on any atom is 0.339 e. The van der Waals surface area contributed by atoms with Crippen LogP contribution in [-0.2, 0) is 6.54 Å². The van der Waals surface area contributed by atoms with Crippen molar-refractivity contribution in [2.24, 2.45) is 0 Å². The smallest absolute Gasteiger partial charge is 0.339 e. The van der Waals surface area contributed by atoms with Crippen molar-refractivity contribution < 1.29 is 9.90 Å². The standard InChI is InChI=1S/C10H14N2O2/c1-7(2)4-5-12-6-9(10(13)14)8(3)11-12/h4,6H,5H2,1-3H3,(H,13,14). The first-order valence-electron chi connectivity index (χ1n) is 4.41. The molecular formula is C10H14N2O2. The fourth-order valence-electron chi connectivity index (χ4n) is 1.10. The second-order valence-electron chi connectivity index (χ2n) is 3.44. The fraction of sp³-hybridized carbons (Fsp3) is 0.400. The molecule has 0 saturated carbocycles. The van der Waals surface area contributed by atoms with E-state index in [-0.39, 0.29) is 5.56 Å². The summed E-state index contributed by atoms with van der Waals surface area (Å²) in [6.45, 7) is 6.31. The van der Waals surface area contributed by atoms with E-state index in [0.29, 0.717) is 12.2 Å². The molecule has 0 aromatic carbocycles. The minimum atomic E-state index is -0.925. The van der Waals surface area contributed by atoms with Crippen LogP contribution in [-0.4, -0.2) is 20.9 Å². The number of carboxylic acids is 1. The summed E-state index contributed by atoms with van der Waals surface area (Å²) in [5.41, 5.74) is 2.02. The van der Waals surface area contributed by atoms with Gasteiger partial charge in [-0.3, -0.25) is 4.68 Å². The Bertz CT molecular complexity index is 373. The van der Waals surface area contributed by atoms with Crippen LogP contribution in [0.5, 0.6) is 0 Å². The average Bonchev–Trinajstić information content (AvgIpc) is 2.43. The van der Waals surface area contributed by atoms with Crippen LogP contribution in [0.2, 0.25) is 0 Å². The van der Waals surface area contributed by atoms with Gasteiger partial charge in [0.15, 0.2) is 0 Å². The van der Waals surface area contributed by atoms with Crippen molar-refractivity contribution >= 4 is 5.97 Å². The SMILES string of the molecule is CC(C)=CCn1cc(C(=O)O)c(C)n1. The molecule has 0 aliphatic rings. The van der Waals surface area contributed by atoms with Crippen LogP contribution in [0.4, 0.5) is 0 Å². The Balaban J connectivity index is 2.86. The number of hydrogen-bond acceptors (Lipinski definition) is 2. The van der Waals surface area contributed by atoms with Gasteiger partial charge in [-0.2, -0.15) is 5.10 Å². The molecule has 1 heterocycles. The number of carboxylic acid groups (broad SMARTS) is 1. The highest BCUT2D eigenvalue weighted by Gasteiger charge is 2.10. The van der Waals surface area contributed by atoms with Gasteiger partial charge in [-0.1, -0.05) is 11.6 Å². The van der Waals surface area contributed by atoms with Gasteiger partial charge in [-0.15, -0.1) is 0 Å². The molecule has 0 amide bonds. The van der Waals surface area contributed by atoms with Gasteiger partial charge >= 0.3 is 5.97 Å². The molecule has 0 aliphatic carbocycles. The van der Waals surface area contributed by atoms with Crippen molar-refractivity contribution in [3.8, 4) is 0 Å². The molecular weight excluding hydrogens is 180 g/mol. The van der Waals surface area contributed by atoms with Gasteiger partial charge in [-0.25, -0.2) is 4.79 Å². The van der Waals surface area contributed by atoms with E-state index in [1.807, 2.05) is 19.9 Å². The minimum absolute atomic E-state index is 0.271. The lowest BCUT2D eigenvalue weighted by molar-refractivity contribution is 0.0696. The molecule has 1 rings (SSSR count). The second-order valence-corrected chi connectivity index (χ2v) is 3.44. The van der Waals surface area contributed by atoms with E-state index in [2.05, 4.69) is 5.10 Å². The molecule has 0 aliphatic heterocycles. The highest BCUT2D eigenvalue weighted by molar-refractivity contribution is 5.88. The van der Waals surface area contributed by atoms with E-state index in [0.717, 1.165) is 0 Å². The lowest BCUT2D eigenvalue weighted by Crippen LogP contribution is -1.96. The zero-order chi connectivity index (χ0) is 10.7. The molecule has 1 aromatic heterocycles. The van der Waals surface area contributed by atoms with Crippen molar-refractivity contribution in [3.05, 3.63) is 29.1 Å². The summed E-state index contributed by atoms with van der Waals surface area (Å²) in [5.74, 6) is -0.925. The van der Waals surface area contributed by atoms with Gasteiger partial charge in [0.1, 0.15) is 5.56 Å². The van der Waals surface area contributed by atoms with Crippen LogP contribution < -0.4 is 0 Å². The molecule has 0 spiro atoms. The number of aryl methyl sites for hydroxylation is 1. The zero-order valence-electron chi connectivity index (χ0n) is 8.61. The van der Waals surface area contributed by atoms with Crippen molar-refractivity contribution in [1.29, 1.82) is 0 Å². The van der Waals surface area contributed by atoms with E-state index in [4.69, 9.17) is 5.11 Å². The number of hydrogen-bond donors (Lipinski definition) is 1. The van der Waals surface area contributed by atoms with E-state index < -0.39 is 5.97 Å². The maximum atomic E-state index is 10.7. The third-order valence-corrected chi connectivity index (χ3v) is 1.86. The molecule has 4 nitrogen and oxygen atoms in total. The topological polar surface area (TPSA) is 55.1 Å². The van der Waals surface area contributed by atoms with Crippen molar-refractivity contribution in [2.75, 3.05) is 0 Å². The third kappa shape index (κ3) is 2.45. The monoisotopic (exact) mass is 194 g/mol. The van der Waals surface area contributed by atoms with Crippen LogP contribution in [0, 0.1) is 6.92 Å². The van der Waals surface area contributed by atoms with Crippen LogP contribution in [0.15, 0.2) is 17.8 Å². The summed E-state index contributed by atoms with van der Waals surface area (Å²) < 4.78 is 1.63. The molecule has 4 heteroatoms. The lowest BCUT2D eigenvalue weighted by atomic mass is 10.3. The highest BCUT2D eigenvalue weighted by Crippen LogP contribution is 2.05. The highest BCUT2D eigenvalue weighted by atomic mass is 16.4. The van der Waals surface area contributed by atoms with Crippen molar-refractivity contribution in [3.63, 3.8) is 0 Å². The molecule has 1 N–H and O–H groups in total. The molecule has 0 bridgehead atoms. The van der Waals surface area contributed by atoms with Crippen LogP contribution in [0.25, 0.3) is 0 Å². The summed E-state index contributed by atoms with van der Waals surface area (Å²) in [7, 11) is 0. The Labute approximate surface area is 82.9 Å². The van der Waals surface area contributed by atoms with Gasteiger partial charge in [0.2, 0.25) is 0 Å². The summed E-state index contributed by atoms with van der Waals surface area (Å²) in [6.07, 6.45) is 3.55. The summed E-state index contributed by atoms with van der Waals surface area (Å²) >= 11 is 0. The number of nitrogens with zero attached hydrogens (tertiary/aromatic N) is 2. The summed E-state index contributed by atoms with van der Waals surface area (Å²) in [4.78, 5) is 10.7. The molecule has 0 fully saturated rings.